The Bertz CT molecular complexity index is 462. The Hall–Kier alpha value is -1.48. The van der Waals surface area contributed by atoms with Gasteiger partial charge in [-0.15, -0.1) is 11.8 Å². The second-order valence-corrected chi connectivity index (χ2v) is 4.74. The van der Waals surface area contributed by atoms with Gasteiger partial charge in [0.25, 0.3) is 0 Å². The summed E-state index contributed by atoms with van der Waals surface area (Å²) in [6.07, 6.45) is 0. The Morgan fingerprint density at radius 1 is 1.71 bits per heavy atom. The first-order valence-electron chi connectivity index (χ1n) is 5.15. The first-order chi connectivity index (χ1) is 8.01. The van der Waals surface area contributed by atoms with E-state index >= 15 is 0 Å². The monoisotopic (exact) mass is 253 g/mol. The van der Waals surface area contributed by atoms with Crippen molar-refractivity contribution >= 4 is 17.7 Å². The SMILES string of the molecule is COC(=O)C(C)CSc1c(C#N)c(C)nn1C. The standard InChI is InChI=1S/C11H15N3O2S/c1-7(11(15)16-4)6-17-10-9(5-12)8(2)13-14(10)3/h7H,6H2,1-4H3. The van der Waals surface area contributed by atoms with E-state index in [1.165, 1.54) is 18.9 Å². The van der Waals surface area contributed by atoms with E-state index in [0.29, 0.717) is 17.0 Å². The largest absolute Gasteiger partial charge is 0.469 e. The number of esters is 1. The molecule has 1 rings (SSSR count). The van der Waals surface area contributed by atoms with Crippen LogP contribution in [0.5, 0.6) is 0 Å². The number of carbonyl (C=O) groups excluding carboxylic acids is 1. The zero-order chi connectivity index (χ0) is 13.0. The first kappa shape index (κ1) is 13.6. The molecule has 6 heteroatoms. The summed E-state index contributed by atoms with van der Waals surface area (Å²) in [5.41, 5.74) is 1.29. The summed E-state index contributed by atoms with van der Waals surface area (Å²) in [6.45, 7) is 3.60. The third-order valence-corrected chi connectivity index (χ3v) is 3.76. The van der Waals surface area contributed by atoms with Crippen molar-refractivity contribution in [2.45, 2.75) is 18.9 Å². The highest BCUT2D eigenvalue weighted by Gasteiger charge is 2.18. The summed E-state index contributed by atoms with van der Waals surface area (Å²) < 4.78 is 6.32. The number of carbonyl (C=O) groups is 1. The van der Waals surface area contributed by atoms with Gasteiger partial charge < -0.3 is 4.74 Å². The number of aryl methyl sites for hydroxylation is 2. The Morgan fingerprint density at radius 3 is 2.88 bits per heavy atom. The van der Waals surface area contributed by atoms with Crippen molar-refractivity contribution in [3.05, 3.63) is 11.3 Å². The van der Waals surface area contributed by atoms with E-state index in [4.69, 9.17) is 5.26 Å². The average Bonchev–Trinajstić information content (AvgIpc) is 2.58. The number of hydrogen-bond acceptors (Lipinski definition) is 5. The molecule has 0 radical (unpaired) electrons. The van der Waals surface area contributed by atoms with E-state index in [1.54, 1.807) is 25.6 Å². The van der Waals surface area contributed by atoms with Gasteiger partial charge in [-0.2, -0.15) is 10.4 Å². The fourth-order valence-electron chi connectivity index (χ4n) is 1.40. The minimum atomic E-state index is -0.241. The van der Waals surface area contributed by atoms with E-state index in [9.17, 15) is 4.79 Å². The van der Waals surface area contributed by atoms with Crippen LogP contribution in [-0.4, -0.2) is 28.6 Å². The summed E-state index contributed by atoms with van der Waals surface area (Å²) in [5.74, 6) is 0.127. The van der Waals surface area contributed by atoms with E-state index in [-0.39, 0.29) is 11.9 Å². The molecule has 92 valence electrons. The van der Waals surface area contributed by atoms with Crippen molar-refractivity contribution in [2.75, 3.05) is 12.9 Å². The van der Waals surface area contributed by atoms with Gasteiger partial charge >= 0.3 is 5.97 Å². The lowest BCUT2D eigenvalue weighted by atomic mass is 10.2. The molecule has 1 heterocycles. The summed E-state index contributed by atoms with van der Waals surface area (Å²) >= 11 is 1.45. The summed E-state index contributed by atoms with van der Waals surface area (Å²) in [6, 6.07) is 2.13. The van der Waals surface area contributed by atoms with E-state index in [2.05, 4.69) is 15.9 Å². The predicted molar refractivity (Wildman–Crippen MR) is 64.6 cm³/mol. The highest BCUT2D eigenvalue weighted by atomic mass is 32.2. The van der Waals surface area contributed by atoms with E-state index in [1.807, 2.05) is 0 Å². The average molecular weight is 253 g/mol. The summed E-state index contributed by atoms with van der Waals surface area (Å²) in [7, 11) is 3.16. The van der Waals surface area contributed by atoms with Gasteiger partial charge in [0, 0.05) is 12.8 Å². The minimum Gasteiger partial charge on any atom is -0.469 e. The number of thioether (sulfide) groups is 1. The normalized spacial score (nSPS) is 11.9. The van der Waals surface area contributed by atoms with Gasteiger partial charge in [-0.05, 0) is 6.92 Å². The summed E-state index contributed by atoms with van der Waals surface area (Å²) in [4.78, 5) is 11.3. The van der Waals surface area contributed by atoms with Gasteiger partial charge in [-0.1, -0.05) is 6.92 Å². The number of rotatable bonds is 4. The maximum atomic E-state index is 11.3. The number of nitriles is 1. The molecule has 0 bridgehead atoms. The maximum Gasteiger partial charge on any atom is 0.309 e. The topological polar surface area (TPSA) is 67.9 Å². The lowest BCUT2D eigenvalue weighted by Gasteiger charge is -2.08. The van der Waals surface area contributed by atoms with Crippen molar-refractivity contribution in [1.29, 1.82) is 5.26 Å². The molecule has 0 amide bonds. The quantitative estimate of drug-likeness (QED) is 0.601. The van der Waals surface area contributed by atoms with Gasteiger partial charge in [-0.3, -0.25) is 9.48 Å². The van der Waals surface area contributed by atoms with Gasteiger partial charge in [0.1, 0.15) is 16.7 Å². The van der Waals surface area contributed by atoms with Gasteiger partial charge in [0.05, 0.1) is 18.7 Å². The molecule has 0 saturated carbocycles. The van der Waals surface area contributed by atoms with Crippen LogP contribution < -0.4 is 0 Å². The first-order valence-corrected chi connectivity index (χ1v) is 6.14. The Kier molecular flexibility index (Phi) is 4.58. The predicted octanol–water partition coefficient (Wildman–Crippen LogP) is 1.50. The van der Waals surface area contributed by atoms with Crippen molar-refractivity contribution in [3.8, 4) is 6.07 Å². The zero-order valence-electron chi connectivity index (χ0n) is 10.4. The highest BCUT2D eigenvalue weighted by Crippen LogP contribution is 2.26. The third kappa shape index (κ3) is 3.01. The van der Waals surface area contributed by atoms with E-state index in [0.717, 1.165) is 5.03 Å². The van der Waals surface area contributed by atoms with Crippen molar-refractivity contribution < 1.29 is 9.53 Å². The molecule has 1 atom stereocenters. The summed E-state index contributed by atoms with van der Waals surface area (Å²) in [5, 5.41) is 14.0. The van der Waals surface area contributed by atoms with Crippen LogP contribution in [0.4, 0.5) is 0 Å². The molecule has 0 aliphatic heterocycles. The minimum absolute atomic E-state index is 0.202. The maximum absolute atomic E-state index is 11.3. The smallest absolute Gasteiger partial charge is 0.309 e. The molecule has 0 saturated heterocycles. The molecule has 0 aliphatic carbocycles. The Balaban J connectivity index is 2.77. The van der Waals surface area contributed by atoms with Crippen LogP contribution in [0.15, 0.2) is 5.03 Å². The van der Waals surface area contributed by atoms with Crippen LogP contribution in [0.3, 0.4) is 0 Å². The number of nitrogens with zero attached hydrogens (tertiary/aromatic N) is 3. The second-order valence-electron chi connectivity index (χ2n) is 3.74. The molecule has 1 aromatic rings. The van der Waals surface area contributed by atoms with E-state index < -0.39 is 0 Å². The zero-order valence-corrected chi connectivity index (χ0v) is 11.2. The molecule has 0 aliphatic rings. The molecule has 0 N–H and O–H groups in total. The number of methoxy groups -OCH3 is 1. The number of aromatic nitrogens is 2. The third-order valence-electron chi connectivity index (χ3n) is 2.35. The van der Waals surface area contributed by atoms with Crippen LogP contribution in [0, 0.1) is 24.2 Å². The number of hydrogen-bond donors (Lipinski definition) is 0. The van der Waals surface area contributed by atoms with Gasteiger partial charge in [0.15, 0.2) is 0 Å². The van der Waals surface area contributed by atoms with Crippen LogP contribution in [-0.2, 0) is 16.6 Å². The molecule has 1 unspecified atom stereocenters. The molecular weight excluding hydrogens is 238 g/mol. The Morgan fingerprint density at radius 2 is 2.35 bits per heavy atom. The lowest BCUT2D eigenvalue weighted by Crippen LogP contribution is -2.15. The Labute approximate surface area is 105 Å². The van der Waals surface area contributed by atoms with Crippen LogP contribution in [0.1, 0.15) is 18.2 Å². The molecule has 0 spiro atoms. The fraction of sp³-hybridized carbons (Fsp3) is 0.545. The van der Waals surface area contributed by atoms with Crippen molar-refractivity contribution in [1.82, 2.24) is 9.78 Å². The fourth-order valence-corrected chi connectivity index (χ4v) is 2.51. The van der Waals surface area contributed by atoms with Gasteiger partial charge in [-0.25, -0.2) is 0 Å². The van der Waals surface area contributed by atoms with Gasteiger partial charge in [0.2, 0.25) is 0 Å². The molecule has 0 aromatic carbocycles. The second kappa shape index (κ2) is 5.73. The lowest BCUT2D eigenvalue weighted by molar-refractivity contribution is -0.143. The van der Waals surface area contributed by atoms with Crippen LogP contribution in [0.2, 0.25) is 0 Å². The van der Waals surface area contributed by atoms with Crippen LogP contribution >= 0.6 is 11.8 Å². The molecule has 0 fully saturated rings. The molecular formula is C11H15N3O2S. The van der Waals surface area contributed by atoms with Crippen LogP contribution in [0.25, 0.3) is 0 Å². The molecule has 1 aromatic heterocycles. The van der Waals surface area contributed by atoms with Crippen molar-refractivity contribution in [2.24, 2.45) is 13.0 Å². The van der Waals surface area contributed by atoms with Crippen molar-refractivity contribution in [3.63, 3.8) is 0 Å². The molecule has 17 heavy (non-hydrogen) atoms. The number of ether oxygens (including phenoxy) is 1. The molecule has 5 nitrogen and oxygen atoms in total. The highest BCUT2D eigenvalue weighted by molar-refractivity contribution is 7.99.